The van der Waals surface area contributed by atoms with Gasteiger partial charge in [0.05, 0.1) is 11.0 Å². The van der Waals surface area contributed by atoms with Crippen molar-refractivity contribution >= 4 is 28.8 Å². The maximum Gasteiger partial charge on any atom is 0.261 e. The second kappa shape index (κ2) is 7.60. The average Bonchev–Trinajstić information content (AvgIpc) is 3.40. The number of ether oxygens (including phenoxy) is 1. The Morgan fingerprint density at radius 2 is 2.04 bits per heavy atom. The third kappa shape index (κ3) is 3.66. The summed E-state index contributed by atoms with van der Waals surface area (Å²) >= 11 is 1.51. The molecule has 2 aliphatic heterocycles. The molecule has 0 saturated carbocycles. The summed E-state index contributed by atoms with van der Waals surface area (Å²) in [6, 6.07) is 11.7. The van der Waals surface area contributed by atoms with E-state index in [1.807, 2.05) is 41.3 Å². The summed E-state index contributed by atoms with van der Waals surface area (Å²) in [6.45, 7) is 2.07. The van der Waals surface area contributed by atoms with Crippen molar-refractivity contribution in [2.24, 2.45) is 0 Å². The van der Waals surface area contributed by atoms with Gasteiger partial charge in [0.2, 0.25) is 5.91 Å². The summed E-state index contributed by atoms with van der Waals surface area (Å²) in [7, 11) is 0. The van der Waals surface area contributed by atoms with Gasteiger partial charge in [-0.3, -0.25) is 9.59 Å². The first kappa shape index (κ1) is 17.2. The molecule has 0 aliphatic carbocycles. The third-order valence-electron chi connectivity index (χ3n) is 4.87. The number of nitrogens with one attached hydrogen (secondary N) is 1. The van der Waals surface area contributed by atoms with Crippen molar-refractivity contribution in [3.05, 3.63) is 51.7 Å². The highest BCUT2D eigenvalue weighted by Crippen LogP contribution is 2.33. The Bertz CT molecular complexity index is 794. The highest BCUT2D eigenvalue weighted by atomic mass is 32.1. The van der Waals surface area contributed by atoms with Crippen LogP contribution in [0.25, 0.3) is 0 Å². The van der Waals surface area contributed by atoms with Gasteiger partial charge in [-0.05, 0) is 49.1 Å². The Morgan fingerprint density at radius 3 is 2.73 bits per heavy atom. The van der Waals surface area contributed by atoms with Gasteiger partial charge in [0, 0.05) is 36.7 Å². The fourth-order valence-electron chi connectivity index (χ4n) is 3.43. The molecule has 1 aromatic carbocycles. The molecule has 2 aliphatic rings. The van der Waals surface area contributed by atoms with E-state index in [1.54, 1.807) is 0 Å². The first-order valence-electron chi connectivity index (χ1n) is 9.09. The van der Waals surface area contributed by atoms with Crippen LogP contribution in [0.5, 0.6) is 0 Å². The van der Waals surface area contributed by atoms with E-state index in [1.165, 1.54) is 11.3 Å². The molecule has 0 bridgehead atoms. The largest absolute Gasteiger partial charge is 0.373 e. The van der Waals surface area contributed by atoms with Gasteiger partial charge in [0.25, 0.3) is 5.91 Å². The monoisotopic (exact) mass is 370 g/mol. The lowest BCUT2D eigenvalue weighted by Gasteiger charge is -2.16. The minimum absolute atomic E-state index is 0.0574. The number of amides is 2. The van der Waals surface area contributed by atoms with Crippen LogP contribution in [0.2, 0.25) is 0 Å². The quantitative estimate of drug-likeness (QED) is 0.874. The lowest BCUT2D eigenvalue weighted by atomic mass is 10.2. The summed E-state index contributed by atoms with van der Waals surface area (Å²) in [5.74, 6) is 0.129. The minimum atomic E-state index is -0.0574. The van der Waals surface area contributed by atoms with Crippen LogP contribution in [-0.2, 0) is 16.1 Å². The number of carbonyl (C=O) groups excluding carboxylic acids is 2. The summed E-state index contributed by atoms with van der Waals surface area (Å²) in [6.07, 6.45) is 3.83. The standard InChI is InChI=1S/C20H22N2O3S/c23-19-4-1-11-22(19)15-7-5-14(6-8-15)13-21-20(24)18-10-9-17(26-18)16-3-2-12-25-16/h5-10,16H,1-4,11-13H2,(H,21,24)/t16-/m0/s1. The SMILES string of the molecule is O=C(NCc1ccc(N2CCCC2=O)cc1)c1ccc([C@@H]2CCCO2)s1. The zero-order valence-corrected chi connectivity index (χ0v) is 15.4. The normalized spacial score (nSPS) is 19.9. The zero-order chi connectivity index (χ0) is 17.9. The molecule has 1 aromatic heterocycles. The van der Waals surface area contributed by atoms with Crippen LogP contribution >= 0.6 is 11.3 Å². The third-order valence-corrected chi connectivity index (χ3v) is 6.05. The first-order chi connectivity index (χ1) is 12.7. The Kier molecular flexibility index (Phi) is 5.04. The molecule has 5 nitrogen and oxygen atoms in total. The minimum Gasteiger partial charge on any atom is -0.373 e. The van der Waals surface area contributed by atoms with Crippen molar-refractivity contribution in [3.63, 3.8) is 0 Å². The molecule has 0 unspecified atom stereocenters. The van der Waals surface area contributed by atoms with Gasteiger partial charge in [-0.1, -0.05) is 12.1 Å². The Morgan fingerprint density at radius 1 is 1.19 bits per heavy atom. The lowest BCUT2D eigenvalue weighted by molar-refractivity contribution is -0.117. The van der Waals surface area contributed by atoms with Crippen LogP contribution in [0.3, 0.4) is 0 Å². The van der Waals surface area contributed by atoms with E-state index >= 15 is 0 Å². The van der Waals surface area contributed by atoms with Crippen molar-refractivity contribution in [3.8, 4) is 0 Å². The van der Waals surface area contributed by atoms with Gasteiger partial charge in [-0.25, -0.2) is 0 Å². The van der Waals surface area contributed by atoms with E-state index in [0.29, 0.717) is 13.0 Å². The van der Waals surface area contributed by atoms with E-state index in [2.05, 4.69) is 5.32 Å². The fourth-order valence-corrected chi connectivity index (χ4v) is 4.44. The molecule has 0 radical (unpaired) electrons. The molecule has 6 heteroatoms. The predicted molar refractivity (Wildman–Crippen MR) is 101 cm³/mol. The molecular formula is C20H22N2O3S. The zero-order valence-electron chi connectivity index (χ0n) is 14.6. The molecule has 26 heavy (non-hydrogen) atoms. The van der Waals surface area contributed by atoms with E-state index < -0.39 is 0 Å². The molecule has 2 aromatic rings. The molecule has 1 atom stereocenters. The maximum atomic E-state index is 12.4. The van der Waals surface area contributed by atoms with Gasteiger partial charge in [-0.2, -0.15) is 0 Å². The first-order valence-corrected chi connectivity index (χ1v) is 9.91. The van der Waals surface area contributed by atoms with Gasteiger partial charge < -0.3 is 15.0 Å². The summed E-state index contributed by atoms with van der Waals surface area (Å²) in [5.41, 5.74) is 1.95. The summed E-state index contributed by atoms with van der Waals surface area (Å²) < 4.78 is 5.67. The maximum absolute atomic E-state index is 12.4. The number of benzene rings is 1. The van der Waals surface area contributed by atoms with E-state index in [-0.39, 0.29) is 17.9 Å². The van der Waals surface area contributed by atoms with Crippen LogP contribution in [0.1, 0.15) is 51.9 Å². The van der Waals surface area contributed by atoms with Crippen LogP contribution in [0.15, 0.2) is 36.4 Å². The topological polar surface area (TPSA) is 58.6 Å². The molecule has 2 saturated heterocycles. The molecule has 1 N–H and O–H groups in total. The van der Waals surface area contributed by atoms with Crippen molar-refractivity contribution in [2.75, 3.05) is 18.1 Å². The highest BCUT2D eigenvalue weighted by molar-refractivity contribution is 7.14. The number of rotatable bonds is 5. The van der Waals surface area contributed by atoms with Crippen LogP contribution in [0.4, 0.5) is 5.69 Å². The average molecular weight is 370 g/mol. The second-order valence-electron chi connectivity index (χ2n) is 6.70. The molecule has 0 spiro atoms. The Hall–Kier alpha value is -2.18. The number of hydrogen-bond acceptors (Lipinski definition) is 4. The molecule has 136 valence electrons. The van der Waals surface area contributed by atoms with Crippen molar-refractivity contribution in [1.82, 2.24) is 5.32 Å². The number of hydrogen-bond donors (Lipinski definition) is 1. The molecule has 2 amide bonds. The van der Waals surface area contributed by atoms with Crippen molar-refractivity contribution in [2.45, 2.75) is 38.3 Å². The highest BCUT2D eigenvalue weighted by Gasteiger charge is 2.22. The Balaban J connectivity index is 1.33. The van der Waals surface area contributed by atoms with Gasteiger partial charge in [-0.15, -0.1) is 11.3 Å². The summed E-state index contributed by atoms with van der Waals surface area (Å²) in [4.78, 5) is 27.8. The van der Waals surface area contributed by atoms with Crippen LogP contribution < -0.4 is 10.2 Å². The van der Waals surface area contributed by atoms with Crippen LogP contribution in [0, 0.1) is 0 Å². The van der Waals surface area contributed by atoms with Crippen molar-refractivity contribution < 1.29 is 14.3 Å². The van der Waals surface area contributed by atoms with E-state index in [4.69, 9.17) is 4.74 Å². The molecule has 4 rings (SSSR count). The fraction of sp³-hybridized carbons (Fsp3) is 0.400. The molecule has 3 heterocycles. The number of anilines is 1. The van der Waals surface area contributed by atoms with E-state index in [9.17, 15) is 9.59 Å². The van der Waals surface area contributed by atoms with Gasteiger partial charge in [0.15, 0.2) is 0 Å². The summed E-state index contributed by atoms with van der Waals surface area (Å²) in [5, 5.41) is 2.97. The predicted octanol–water partition coefficient (Wildman–Crippen LogP) is 3.66. The van der Waals surface area contributed by atoms with E-state index in [0.717, 1.165) is 53.4 Å². The Labute approximate surface area is 157 Å². The van der Waals surface area contributed by atoms with Gasteiger partial charge in [0.1, 0.15) is 0 Å². The van der Waals surface area contributed by atoms with Crippen molar-refractivity contribution in [1.29, 1.82) is 0 Å². The number of thiophene rings is 1. The smallest absolute Gasteiger partial charge is 0.261 e. The second-order valence-corrected chi connectivity index (χ2v) is 7.82. The van der Waals surface area contributed by atoms with Crippen LogP contribution in [-0.4, -0.2) is 25.0 Å². The molecule has 2 fully saturated rings. The number of carbonyl (C=O) groups is 2. The molecular weight excluding hydrogens is 348 g/mol. The lowest BCUT2D eigenvalue weighted by Crippen LogP contribution is -2.24. The number of nitrogens with zero attached hydrogens (tertiary/aromatic N) is 1. The van der Waals surface area contributed by atoms with Gasteiger partial charge >= 0.3 is 0 Å².